The van der Waals surface area contributed by atoms with Crippen molar-refractivity contribution in [3.05, 3.63) is 65.2 Å². The van der Waals surface area contributed by atoms with Crippen LogP contribution in [0.15, 0.2) is 60.2 Å². The molecule has 6 rings (SSSR count). The van der Waals surface area contributed by atoms with Crippen LogP contribution in [0.1, 0.15) is 66.7 Å². The predicted molar refractivity (Wildman–Crippen MR) is 217 cm³/mol. The lowest BCUT2D eigenvalue weighted by Gasteiger charge is -2.35. The van der Waals surface area contributed by atoms with Crippen LogP contribution in [-0.4, -0.2) is 82.5 Å². The number of benzene rings is 1. The standard InChI is InChI=1S/C41H49ClN6O7S/c1-8-25-18-41(25,22-49)47-36(50)30-16-26(19-48(30)37(51)35(40(4,5)6)46-39(52)54-20-24-12-10-9-11-13-24)55-32-17-28(29-21-56-38(45-29)43-23(2)3)44-34-27(32)14-15-31(53-7)33(34)42/h8,10,12,14-15,17,20-23,25-26,30,35H,1,9,11,13,16,18-19H2,2-7H3,(H,43,45)(H,46,52)(H,47,50)/b24-20+/t25?,26-,30?,35?,41+/m1/s1. The number of allylic oxidation sites excluding steroid dienone is 3. The summed E-state index contributed by atoms with van der Waals surface area (Å²) in [4.78, 5) is 65.1. The number of fused-ring (bicyclic) bond motifs is 1. The summed E-state index contributed by atoms with van der Waals surface area (Å²) in [5.41, 5.74) is 0.523. The van der Waals surface area contributed by atoms with Crippen molar-refractivity contribution in [2.75, 3.05) is 19.0 Å². The van der Waals surface area contributed by atoms with Crippen molar-refractivity contribution < 1.29 is 33.4 Å². The second-order valence-electron chi connectivity index (χ2n) is 15.8. The van der Waals surface area contributed by atoms with E-state index in [1.54, 1.807) is 24.3 Å². The Hall–Kier alpha value is -4.95. The Morgan fingerprint density at radius 1 is 1.16 bits per heavy atom. The van der Waals surface area contributed by atoms with Crippen molar-refractivity contribution in [3.8, 4) is 22.9 Å². The van der Waals surface area contributed by atoms with Crippen LogP contribution in [0.5, 0.6) is 11.5 Å². The van der Waals surface area contributed by atoms with Gasteiger partial charge in [0.05, 0.1) is 31.1 Å². The van der Waals surface area contributed by atoms with Crippen LogP contribution < -0.4 is 25.4 Å². The molecule has 2 aromatic heterocycles. The number of pyridine rings is 1. The molecule has 0 spiro atoms. The van der Waals surface area contributed by atoms with E-state index in [4.69, 9.17) is 35.8 Å². The lowest BCUT2D eigenvalue weighted by atomic mass is 9.85. The van der Waals surface area contributed by atoms with Crippen LogP contribution in [0.25, 0.3) is 22.3 Å². The number of aldehydes is 1. The summed E-state index contributed by atoms with van der Waals surface area (Å²) < 4.78 is 17.6. The highest BCUT2D eigenvalue weighted by atomic mass is 35.5. The Morgan fingerprint density at radius 2 is 1.95 bits per heavy atom. The maximum absolute atomic E-state index is 14.6. The van der Waals surface area contributed by atoms with Gasteiger partial charge in [-0.05, 0) is 62.7 Å². The number of hydrogen-bond acceptors (Lipinski definition) is 11. The third-order valence-electron chi connectivity index (χ3n) is 10.2. The van der Waals surface area contributed by atoms with Gasteiger partial charge in [-0.25, -0.2) is 14.8 Å². The molecular weight excluding hydrogens is 756 g/mol. The highest BCUT2D eigenvalue weighted by Gasteiger charge is 2.56. The lowest BCUT2D eigenvalue weighted by Crippen LogP contribution is -2.58. The molecule has 0 bridgehead atoms. The second kappa shape index (κ2) is 16.6. The van der Waals surface area contributed by atoms with Gasteiger partial charge in [-0.15, -0.1) is 17.9 Å². The Bertz CT molecular complexity index is 2080. The molecule has 3 N–H and O–H groups in total. The van der Waals surface area contributed by atoms with Crippen LogP contribution in [0.3, 0.4) is 0 Å². The molecule has 2 fully saturated rings. The highest BCUT2D eigenvalue weighted by molar-refractivity contribution is 7.14. The topological polar surface area (TPSA) is 161 Å². The second-order valence-corrected chi connectivity index (χ2v) is 17.1. The van der Waals surface area contributed by atoms with Crippen LogP contribution in [0.2, 0.25) is 5.02 Å². The zero-order chi connectivity index (χ0) is 40.4. The quantitative estimate of drug-likeness (QED) is 0.0915. The molecule has 3 aromatic rings. The van der Waals surface area contributed by atoms with Crippen molar-refractivity contribution in [2.45, 2.75) is 96.5 Å². The molecule has 2 aliphatic carbocycles. The predicted octanol–water partition coefficient (Wildman–Crippen LogP) is 7.21. The number of amides is 3. The minimum absolute atomic E-state index is 0.00373. The first-order valence-electron chi connectivity index (χ1n) is 18.8. The van der Waals surface area contributed by atoms with Crippen molar-refractivity contribution in [3.63, 3.8) is 0 Å². The molecule has 3 aliphatic rings. The van der Waals surface area contributed by atoms with E-state index in [0.717, 1.165) is 36.3 Å². The van der Waals surface area contributed by atoms with Crippen molar-refractivity contribution in [1.82, 2.24) is 25.5 Å². The number of halogens is 1. The van der Waals surface area contributed by atoms with E-state index in [9.17, 15) is 19.2 Å². The van der Waals surface area contributed by atoms with Crippen LogP contribution in [-0.2, 0) is 19.1 Å². The van der Waals surface area contributed by atoms with Gasteiger partial charge < -0.3 is 39.9 Å². The number of alkyl carbamates (subject to hydrolysis) is 1. The molecule has 0 radical (unpaired) electrons. The van der Waals surface area contributed by atoms with Crippen LogP contribution >= 0.6 is 22.9 Å². The molecule has 15 heteroatoms. The Balaban J connectivity index is 1.33. The van der Waals surface area contributed by atoms with Gasteiger partial charge in [0.15, 0.2) is 5.13 Å². The zero-order valence-electron chi connectivity index (χ0n) is 32.5. The summed E-state index contributed by atoms with van der Waals surface area (Å²) in [6, 6.07) is 3.34. The molecule has 1 saturated carbocycles. The van der Waals surface area contributed by atoms with E-state index < -0.39 is 47.0 Å². The summed E-state index contributed by atoms with van der Waals surface area (Å²) in [7, 11) is 1.52. The summed E-state index contributed by atoms with van der Waals surface area (Å²) >= 11 is 8.26. The molecule has 13 nitrogen and oxygen atoms in total. The van der Waals surface area contributed by atoms with Crippen LogP contribution in [0, 0.1) is 11.3 Å². The smallest absolute Gasteiger partial charge is 0.412 e. The number of likely N-dealkylation sites (tertiary alicyclic amines) is 1. The number of nitrogens with zero attached hydrogens (tertiary/aromatic N) is 3. The van der Waals surface area contributed by atoms with E-state index in [1.807, 2.05) is 52.2 Å². The third kappa shape index (κ3) is 8.86. The van der Waals surface area contributed by atoms with Gasteiger partial charge in [-0.2, -0.15) is 0 Å². The molecule has 56 heavy (non-hydrogen) atoms. The minimum atomic E-state index is -1.10. The highest BCUT2D eigenvalue weighted by Crippen LogP contribution is 2.43. The molecule has 3 unspecified atom stereocenters. The number of aromatic nitrogens is 2. The van der Waals surface area contributed by atoms with Crippen molar-refractivity contribution in [2.24, 2.45) is 11.3 Å². The van der Waals surface area contributed by atoms with E-state index in [2.05, 4.69) is 22.5 Å². The number of nitrogens with one attached hydrogen (secondary N) is 3. The normalized spacial score (nSPS) is 23.1. The average molecular weight is 805 g/mol. The SMILES string of the molecule is C=CC1C[C@@]1(C=O)NC(=O)C1C[C@@H](Oc2cc(-c3csc(NC(C)C)n3)nc3c(Cl)c(OC)ccc23)CN1C(=O)C(NC(=O)O/C=C1\C=CCCC1)C(C)(C)C. The molecule has 1 saturated heterocycles. The number of hydrogen-bond donors (Lipinski definition) is 3. The monoisotopic (exact) mass is 804 g/mol. The zero-order valence-corrected chi connectivity index (χ0v) is 34.1. The molecular formula is C41H49ClN6O7S. The van der Waals surface area contributed by atoms with Crippen molar-refractivity contribution in [1.29, 1.82) is 0 Å². The van der Waals surface area contributed by atoms with Gasteiger partial charge in [-0.3, -0.25) is 9.59 Å². The van der Waals surface area contributed by atoms with E-state index >= 15 is 0 Å². The Labute approximate surface area is 335 Å². The summed E-state index contributed by atoms with van der Waals surface area (Å²) in [6.45, 7) is 13.3. The molecule has 3 amide bonds. The fourth-order valence-corrected chi connectivity index (χ4v) is 8.15. The first-order valence-corrected chi connectivity index (χ1v) is 20.0. The number of methoxy groups -OCH3 is 1. The molecule has 3 heterocycles. The summed E-state index contributed by atoms with van der Waals surface area (Å²) in [5.74, 6) is -0.388. The number of anilines is 1. The Morgan fingerprint density at radius 3 is 2.59 bits per heavy atom. The van der Waals surface area contributed by atoms with E-state index in [1.165, 1.54) is 29.6 Å². The van der Waals surface area contributed by atoms with Crippen molar-refractivity contribution >= 4 is 63.2 Å². The fourth-order valence-electron chi connectivity index (χ4n) is 7.01. The lowest BCUT2D eigenvalue weighted by molar-refractivity contribution is -0.142. The number of carbonyl (C=O) groups excluding carboxylic acids is 4. The van der Waals surface area contributed by atoms with E-state index in [-0.39, 0.29) is 29.9 Å². The average Bonchev–Trinajstić information content (AvgIpc) is 3.42. The number of thiazole rings is 1. The number of rotatable bonds is 13. The maximum atomic E-state index is 14.6. The maximum Gasteiger partial charge on any atom is 0.412 e. The Kier molecular flexibility index (Phi) is 12.1. The van der Waals surface area contributed by atoms with E-state index in [0.29, 0.717) is 40.2 Å². The summed E-state index contributed by atoms with van der Waals surface area (Å²) in [6.07, 6.45) is 9.41. The fraction of sp³-hybridized carbons (Fsp3) is 0.463. The third-order valence-corrected chi connectivity index (χ3v) is 11.3. The molecule has 5 atom stereocenters. The molecule has 298 valence electrons. The first-order chi connectivity index (χ1) is 26.7. The molecule has 1 aliphatic heterocycles. The first kappa shape index (κ1) is 40.7. The number of carbonyl (C=O) groups is 4. The van der Waals surface area contributed by atoms with Gasteiger partial charge in [0.1, 0.15) is 52.2 Å². The van der Waals surface area contributed by atoms with Crippen LogP contribution in [0.4, 0.5) is 9.93 Å². The molecule has 1 aromatic carbocycles. The largest absolute Gasteiger partial charge is 0.495 e. The van der Waals surface area contributed by atoms with Gasteiger partial charge in [0, 0.05) is 35.2 Å². The van der Waals surface area contributed by atoms with Gasteiger partial charge in [0.2, 0.25) is 11.8 Å². The van der Waals surface area contributed by atoms with Gasteiger partial charge in [0.25, 0.3) is 0 Å². The van der Waals surface area contributed by atoms with Gasteiger partial charge >= 0.3 is 6.09 Å². The minimum Gasteiger partial charge on any atom is -0.495 e. The number of ether oxygens (including phenoxy) is 3. The van der Waals surface area contributed by atoms with Gasteiger partial charge in [-0.1, -0.05) is 50.6 Å². The summed E-state index contributed by atoms with van der Waals surface area (Å²) in [5, 5.41) is 12.4.